The lowest BCUT2D eigenvalue weighted by Crippen LogP contribution is -2.46. The molecule has 27 heavy (non-hydrogen) atoms. The summed E-state index contributed by atoms with van der Waals surface area (Å²) in [7, 11) is 6.03. The topological polar surface area (TPSA) is 58.1 Å². The molecule has 0 heterocycles. The molecule has 1 rings (SSSR count). The van der Waals surface area contributed by atoms with Gasteiger partial charge in [0, 0.05) is 46.5 Å². The number of guanidine groups is 1. The fraction of sp³-hybridized carbons (Fsp3) is 0.950. The number of hydrogen-bond acceptors (Lipinski definition) is 4. The first-order valence-electron chi connectivity index (χ1n) is 10.3. The average molecular weight is 498 g/mol. The van der Waals surface area contributed by atoms with Crippen molar-refractivity contribution in [3.8, 4) is 0 Å². The quantitative estimate of drug-likeness (QED) is 0.177. The van der Waals surface area contributed by atoms with E-state index in [0.717, 1.165) is 58.3 Å². The van der Waals surface area contributed by atoms with Crippen LogP contribution in [0.5, 0.6) is 0 Å². The summed E-state index contributed by atoms with van der Waals surface area (Å²) in [5.74, 6) is 0.877. The minimum atomic E-state index is 0. The van der Waals surface area contributed by atoms with Crippen molar-refractivity contribution in [1.29, 1.82) is 0 Å². The Morgan fingerprint density at radius 2 is 1.85 bits per heavy atom. The van der Waals surface area contributed by atoms with E-state index in [4.69, 9.17) is 9.47 Å². The van der Waals surface area contributed by atoms with Gasteiger partial charge in [0.2, 0.25) is 0 Å². The molecule has 7 heteroatoms. The molecule has 0 aromatic heterocycles. The van der Waals surface area contributed by atoms with Crippen LogP contribution in [0.2, 0.25) is 0 Å². The third-order valence-electron chi connectivity index (χ3n) is 5.30. The SMILES string of the molecule is CCOCCC1(CNC(=NC)NCC(CCN(C)C)OCC)CCCC1.I. The van der Waals surface area contributed by atoms with Gasteiger partial charge < -0.3 is 25.0 Å². The zero-order chi connectivity index (χ0) is 19.3. The van der Waals surface area contributed by atoms with Gasteiger partial charge in [-0.3, -0.25) is 4.99 Å². The van der Waals surface area contributed by atoms with Crippen LogP contribution in [0.15, 0.2) is 4.99 Å². The number of rotatable bonds is 13. The second kappa shape index (κ2) is 15.8. The van der Waals surface area contributed by atoms with Gasteiger partial charge in [0.1, 0.15) is 0 Å². The molecule has 0 saturated heterocycles. The summed E-state index contributed by atoms with van der Waals surface area (Å²) in [6.07, 6.45) is 7.59. The van der Waals surface area contributed by atoms with Crippen molar-refractivity contribution >= 4 is 29.9 Å². The maximum Gasteiger partial charge on any atom is 0.191 e. The number of aliphatic imine (C=N–C) groups is 1. The second-order valence-corrected chi connectivity index (χ2v) is 7.63. The van der Waals surface area contributed by atoms with E-state index in [1.165, 1.54) is 25.7 Å². The van der Waals surface area contributed by atoms with Crippen LogP contribution < -0.4 is 10.6 Å². The molecule has 0 bridgehead atoms. The predicted octanol–water partition coefficient (Wildman–Crippen LogP) is 3.11. The number of ether oxygens (including phenoxy) is 2. The maximum absolute atomic E-state index is 5.86. The minimum Gasteiger partial charge on any atom is -0.382 e. The van der Waals surface area contributed by atoms with E-state index in [2.05, 4.69) is 48.5 Å². The van der Waals surface area contributed by atoms with Crippen molar-refractivity contribution in [2.45, 2.75) is 58.5 Å². The van der Waals surface area contributed by atoms with Gasteiger partial charge in [-0.05, 0) is 59.0 Å². The van der Waals surface area contributed by atoms with Gasteiger partial charge in [0.05, 0.1) is 6.10 Å². The smallest absolute Gasteiger partial charge is 0.191 e. The van der Waals surface area contributed by atoms with Crippen LogP contribution in [0, 0.1) is 5.41 Å². The molecular weight excluding hydrogens is 455 g/mol. The van der Waals surface area contributed by atoms with E-state index in [9.17, 15) is 0 Å². The normalized spacial score (nSPS) is 17.6. The molecule has 0 amide bonds. The lowest BCUT2D eigenvalue weighted by Gasteiger charge is -2.30. The zero-order valence-corrected chi connectivity index (χ0v) is 20.5. The fourth-order valence-corrected chi connectivity index (χ4v) is 3.66. The van der Waals surface area contributed by atoms with Gasteiger partial charge in [-0.15, -0.1) is 24.0 Å². The van der Waals surface area contributed by atoms with Gasteiger partial charge in [-0.1, -0.05) is 12.8 Å². The first-order valence-corrected chi connectivity index (χ1v) is 10.3. The lowest BCUT2D eigenvalue weighted by atomic mass is 9.83. The summed E-state index contributed by atoms with van der Waals surface area (Å²) in [6, 6.07) is 0. The third kappa shape index (κ3) is 11.5. The number of halogens is 1. The number of nitrogens with zero attached hydrogens (tertiary/aromatic N) is 2. The highest BCUT2D eigenvalue weighted by Gasteiger charge is 2.33. The Balaban J connectivity index is 0.00000676. The summed E-state index contributed by atoms with van der Waals surface area (Å²) >= 11 is 0. The summed E-state index contributed by atoms with van der Waals surface area (Å²) in [5, 5.41) is 7.01. The molecule has 2 N–H and O–H groups in total. The van der Waals surface area contributed by atoms with E-state index in [1.807, 2.05) is 7.05 Å². The molecule has 162 valence electrons. The number of hydrogen-bond donors (Lipinski definition) is 2. The van der Waals surface area contributed by atoms with Crippen LogP contribution in [0.25, 0.3) is 0 Å². The van der Waals surface area contributed by atoms with Gasteiger partial charge in [-0.25, -0.2) is 0 Å². The summed E-state index contributed by atoms with van der Waals surface area (Å²) in [4.78, 5) is 6.60. The van der Waals surface area contributed by atoms with Gasteiger partial charge in [0.15, 0.2) is 5.96 Å². The van der Waals surface area contributed by atoms with Gasteiger partial charge in [-0.2, -0.15) is 0 Å². The van der Waals surface area contributed by atoms with E-state index in [0.29, 0.717) is 5.41 Å². The molecule has 1 aliphatic carbocycles. The predicted molar refractivity (Wildman–Crippen MR) is 125 cm³/mol. The van der Waals surface area contributed by atoms with E-state index in [-0.39, 0.29) is 30.1 Å². The molecule has 0 radical (unpaired) electrons. The zero-order valence-electron chi connectivity index (χ0n) is 18.2. The molecule has 1 fully saturated rings. The number of nitrogens with one attached hydrogen (secondary N) is 2. The minimum absolute atomic E-state index is 0. The standard InChI is InChI=1S/C20H42N4O2.HI/c1-6-25-15-13-20(11-8-9-12-20)17-23-19(21-3)22-16-18(26-7-2)10-14-24(4)5;/h18H,6-17H2,1-5H3,(H2,21,22,23);1H. The molecule has 0 aromatic carbocycles. The van der Waals surface area contributed by atoms with Gasteiger partial charge in [0.25, 0.3) is 0 Å². The molecule has 1 saturated carbocycles. The van der Waals surface area contributed by atoms with Crippen molar-refractivity contribution in [2.75, 3.05) is 60.6 Å². The Kier molecular flexibility index (Phi) is 15.7. The van der Waals surface area contributed by atoms with Crippen LogP contribution >= 0.6 is 24.0 Å². The molecule has 0 aromatic rings. The highest BCUT2D eigenvalue weighted by Crippen LogP contribution is 2.40. The molecular formula is C20H43IN4O2. The van der Waals surface area contributed by atoms with Crippen molar-refractivity contribution in [3.63, 3.8) is 0 Å². The fourth-order valence-electron chi connectivity index (χ4n) is 3.66. The van der Waals surface area contributed by atoms with Crippen LogP contribution in [-0.4, -0.2) is 77.6 Å². The van der Waals surface area contributed by atoms with Crippen molar-refractivity contribution in [2.24, 2.45) is 10.4 Å². The first-order chi connectivity index (χ1) is 12.5. The lowest BCUT2D eigenvalue weighted by molar-refractivity contribution is 0.0547. The Bertz CT molecular complexity index is 388. The average Bonchev–Trinajstić information content (AvgIpc) is 3.08. The summed E-state index contributed by atoms with van der Waals surface area (Å²) < 4.78 is 11.5. The van der Waals surface area contributed by atoms with E-state index < -0.39 is 0 Å². The van der Waals surface area contributed by atoms with Crippen molar-refractivity contribution < 1.29 is 9.47 Å². The Morgan fingerprint density at radius 3 is 2.41 bits per heavy atom. The Morgan fingerprint density at radius 1 is 1.15 bits per heavy atom. The monoisotopic (exact) mass is 498 g/mol. The van der Waals surface area contributed by atoms with Gasteiger partial charge >= 0.3 is 0 Å². The molecule has 1 atom stereocenters. The van der Waals surface area contributed by atoms with Crippen LogP contribution in [0.3, 0.4) is 0 Å². The van der Waals surface area contributed by atoms with Crippen molar-refractivity contribution in [1.82, 2.24) is 15.5 Å². The first kappa shape index (κ1) is 26.9. The highest BCUT2D eigenvalue weighted by molar-refractivity contribution is 14.0. The van der Waals surface area contributed by atoms with E-state index in [1.54, 1.807) is 0 Å². The molecule has 0 aliphatic heterocycles. The highest BCUT2D eigenvalue weighted by atomic mass is 127. The van der Waals surface area contributed by atoms with E-state index >= 15 is 0 Å². The largest absolute Gasteiger partial charge is 0.382 e. The molecule has 1 aliphatic rings. The second-order valence-electron chi connectivity index (χ2n) is 7.63. The maximum atomic E-state index is 5.86. The van der Waals surface area contributed by atoms with Crippen LogP contribution in [0.1, 0.15) is 52.4 Å². The summed E-state index contributed by atoms with van der Waals surface area (Å²) in [6.45, 7) is 9.31. The van der Waals surface area contributed by atoms with Crippen LogP contribution in [0.4, 0.5) is 0 Å². The Labute approximate surface area is 184 Å². The molecule has 0 spiro atoms. The van der Waals surface area contributed by atoms with Crippen molar-refractivity contribution in [3.05, 3.63) is 0 Å². The molecule has 1 unspecified atom stereocenters. The summed E-state index contributed by atoms with van der Waals surface area (Å²) in [5.41, 5.74) is 0.358. The molecule has 6 nitrogen and oxygen atoms in total. The third-order valence-corrected chi connectivity index (χ3v) is 5.30. The Hall–Kier alpha value is -0.120. The van der Waals surface area contributed by atoms with Crippen LogP contribution in [-0.2, 0) is 9.47 Å².